The van der Waals surface area contributed by atoms with Crippen LogP contribution in [0.5, 0.6) is 0 Å². The topological polar surface area (TPSA) is 69.6 Å². The van der Waals surface area contributed by atoms with Gasteiger partial charge in [0.15, 0.2) is 0 Å². The Kier molecular flexibility index (Phi) is 44.3. The van der Waals surface area contributed by atoms with Crippen molar-refractivity contribution in [2.24, 2.45) is 0 Å². The van der Waals surface area contributed by atoms with Gasteiger partial charge in [0, 0.05) is 6.42 Å². The monoisotopic (exact) mass is 756 g/mol. The summed E-state index contributed by atoms with van der Waals surface area (Å²) >= 11 is 0. The summed E-state index contributed by atoms with van der Waals surface area (Å²) in [5.74, 6) is -0.0661. The number of carbonyl (C=O) groups excluding carboxylic acids is 1. The van der Waals surface area contributed by atoms with Crippen LogP contribution in [0, 0.1) is 0 Å². The Labute approximate surface area is 337 Å². The second kappa shape index (κ2) is 45.7. The van der Waals surface area contributed by atoms with E-state index in [1.54, 1.807) is 6.08 Å². The Morgan fingerprint density at radius 1 is 0.444 bits per heavy atom. The van der Waals surface area contributed by atoms with E-state index >= 15 is 0 Å². The Morgan fingerprint density at radius 3 is 1.13 bits per heavy atom. The fourth-order valence-corrected chi connectivity index (χ4v) is 7.13. The van der Waals surface area contributed by atoms with Crippen molar-refractivity contribution >= 4 is 5.91 Å². The summed E-state index contributed by atoms with van der Waals surface area (Å²) in [6, 6.07) is -0.623. The zero-order valence-electron chi connectivity index (χ0n) is 36.2. The first-order chi connectivity index (χ1) is 26.7. The van der Waals surface area contributed by atoms with Crippen molar-refractivity contribution in [1.82, 2.24) is 5.32 Å². The number of nitrogens with one attached hydrogen (secondary N) is 1. The number of carbonyl (C=O) groups is 1. The molecule has 0 rings (SSSR count). The number of aliphatic hydroxyl groups is 2. The predicted molar refractivity (Wildman–Crippen MR) is 239 cm³/mol. The van der Waals surface area contributed by atoms with Gasteiger partial charge in [0.05, 0.1) is 18.8 Å². The maximum absolute atomic E-state index is 12.4. The Morgan fingerprint density at radius 2 is 0.759 bits per heavy atom. The zero-order valence-corrected chi connectivity index (χ0v) is 36.2. The predicted octanol–water partition coefficient (Wildman–Crippen LogP) is 15.1. The van der Waals surface area contributed by atoms with E-state index in [1.807, 2.05) is 6.08 Å². The first-order valence-corrected chi connectivity index (χ1v) is 23.9. The number of amides is 1. The number of unbranched alkanes of at least 4 members (excludes halogenated alkanes) is 30. The number of hydrogen-bond donors (Lipinski definition) is 3. The quantitative estimate of drug-likeness (QED) is 0.0429. The maximum Gasteiger partial charge on any atom is 0.220 e. The van der Waals surface area contributed by atoms with Crippen molar-refractivity contribution in [1.29, 1.82) is 0 Å². The molecule has 0 aliphatic heterocycles. The fourth-order valence-electron chi connectivity index (χ4n) is 7.13. The van der Waals surface area contributed by atoms with E-state index < -0.39 is 12.1 Å². The molecular weight excluding hydrogens is 663 g/mol. The first kappa shape index (κ1) is 52.3. The molecule has 2 unspecified atom stereocenters. The molecule has 0 heterocycles. The lowest BCUT2D eigenvalue weighted by Crippen LogP contribution is -2.45. The van der Waals surface area contributed by atoms with Crippen LogP contribution in [0.2, 0.25) is 0 Å². The van der Waals surface area contributed by atoms with E-state index in [9.17, 15) is 15.0 Å². The minimum absolute atomic E-state index is 0.0661. The van der Waals surface area contributed by atoms with Crippen molar-refractivity contribution in [3.05, 3.63) is 48.6 Å². The summed E-state index contributed by atoms with van der Waals surface area (Å²) in [6.07, 6.45) is 62.3. The molecule has 0 saturated carbocycles. The zero-order chi connectivity index (χ0) is 39.3. The molecule has 0 aliphatic rings. The standard InChI is InChI=1S/C50H93NO3/c1-3-5-7-9-11-13-15-17-19-20-21-22-23-24-25-26-27-28-29-30-32-34-36-38-40-42-44-46-50(54)51-48(47-52)49(53)45-43-41-39-37-35-33-31-18-16-14-12-10-8-6-4-2/h15,17,20-21,23-24,43,45,48-49,52-53H,3-14,16,18-19,22,25-42,44,46-47H2,1-2H3,(H,51,54)/b17-15-,21-20-,24-23-,45-43+. The van der Waals surface area contributed by atoms with Gasteiger partial charge in [0.25, 0.3) is 0 Å². The molecule has 0 fully saturated rings. The summed E-state index contributed by atoms with van der Waals surface area (Å²) in [5, 5.41) is 23.0. The smallest absolute Gasteiger partial charge is 0.220 e. The normalized spacial score (nSPS) is 13.3. The maximum atomic E-state index is 12.4. The molecule has 3 N–H and O–H groups in total. The second-order valence-corrected chi connectivity index (χ2v) is 16.2. The largest absolute Gasteiger partial charge is 0.394 e. The number of aliphatic hydroxyl groups excluding tert-OH is 2. The van der Waals surface area contributed by atoms with Gasteiger partial charge in [-0.3, -0.25) is 4.79 Å². The molecule has 2 atom stereocenters. The van der Waals surface area contributed by atoms with Gasteiger partial charge >= 0.3 is 0 Å². The molecule has 0 aromatic heterocycles. The average molecular weight is 756 g/mol. The molecule has 0 aromatic rings. The molecule has 0 bridgehead atoms. The third kappa shape index (κ3) is 41.5. The summed E-state index contributed by atoms with van der Waals surface area (Å²) in [7, 11) is 0. The highest BCUT2D eigenvalue weighted by Gasteiger charge is 2.17. The van der Waals surface area contributed by atoms with Gasteiger partial charge in [-0.25, -0.2) is 0 Å². The highest BCUT2D eigenvalue weighted by atomic mass is 16.3. The van der Waals surface area contributed by atoms with Crippen molar-refractivity contribution in [3.8, 4) is 0 Å². The highest BCUT2D eigenvalue weighted by Crippen LogP contribution is 2.15. The van der Waals surface area contributed by atoms with Crippen LogP contribution in [0.4, 0.5) is 0 Å². The van der Waals surface area contributed by atoms with E-state index in [0.29, 0.717) is 6.42 Å². The molecule has 0 saturated heterocycles. The summed E-state index contributed by atoms with van der Waals surface area (Å²) in [6.45, 7) is 4.30. The number of rotatable bonds is 43. The number of allylic oxidation sites excluding steroid dienone is 7. The minimum atomic E-state index is -0.840. The van der Waals surface area contributed by atoms with Gasteiger partial charge in [-0.2, -0.15) is 0 Å². The second-order valence-electron chi connectivity index (χ2n) is 16.2. The lowest BCUT2D eigenvalue weighted by molar-refractivity contribution is -0.123. The van der Waals surface area contributed by atoms with Crippen LogP contribution >= 0.6 is 0 Å². The molecule has 4 heteroatoms. The van der Waals surface area contributed by atoms with Crippen molar-refractivity contribution in [2.45, 2.75) is 257 Å². The lowest BCUT2D eigenvalue weighted by Gasteiger charge is -2.20. The average Bonchev–Trinajstić information content (AvgIpc) is 3.18. The molecule has 4 nitrogen and oxygen atoms in total. The lowest BCUT2D eigenvalue weighted by atomic mass is 10.0. The van der Waals surface area contributed by atoms with Gasteiger partial charge < -0.3 is 15.5 Å². The van der Waals surface area contributed by atoms with Crippen LogP contribution in [-0.2, 0) is 4.79 Å². The minimum Gasteiger partial charge on any atom is -0.394 e. The van der Waals surface area contributed by atoms with Gasteiger partial charge in [0.1, 0.15) is 0 Å². The molecule has 0 aromatic carbocycles. The highest BCUT2D eigenvalue weighted by molar-refractivity contribution is 5.76. The van der Waals surface area contributed by atoms with E-state index in [1.165, 1.54) is 186 Å². The van der Waals surface area contributed by atoms with E-state index in [4.69, 9.17) is 0 Å². The van der Waals surface area contributed by atoms with Crippen molar-refractivity contribution in [3.63, 3.8) is 0 Å². The number of hydrogen-bond acceptors (Lipinski definition) is 3. The van der Waals surface area contributed by atoms with Gasteiger partial charge in [0.2, 0.25) is 5.91 Å². The SMILES string of the molecule is CCCCCCC/C=C\C/C=C\C/C=C\CCCCCCCCCCCCCCC(=O)NC(CO)C(O)/C=C/CCCCCCCCCCCCCCC. The van der Waals surface area contributed by atoms with Crippen molar-refractivity contribution < 1.29 is 15.0 Å². The van der Waals surface area contributed by atoms with Crippen LogP contribution in [0.15, 0.2) is 48.6 Å². The summed E-state index contributed by atoms with van der Waals surface area (Å²) in [5.41, 5.74) is 0. The fraction of sp³-hybridized carbons (Fsp3) is 0.820. The van der Waals surface area contributed by atoms with Gasteiger partial charge in [-0.05, 0) is 57.8 Å². The molecule has 54 heavy (non-hydrogen) atoms. The van der Waals surface area contributed by atoms with Gasteiger partial charge in [-0.1, -0.05) is 229 Å². The van der Waals surface area contributed by atoms with Crippen LogP contribution in [0.3, 0.4) is 0 Å². The molecule has 0 radical (unpaired) electrons. The Balaban J connectivity index is 3.54. The van der Waals surface area contributed by atoms with Crippen LogP contribution in [0.25, 0.3) is 0 Å². The van der Waals surface area contributed by atoms with Crippen LogP contribution in [-0.4, -0.2) is 34.9 Å². The molecule has 0 spiro atoms. The van der Waals surface area contributed by atoms with Crippen LogP contribution < -0.4 is 5.32 Å². The summed E-state index contributed by atoms with van der Waals surface area (Å²) in [4.78, 5) is 12.4. The molecule has 1 amide bonds. The van der Waals surface area contributed by atoms with Crippen LogP contribution in [0.1, 0.15) is 245 Å². The Hall–Kier alpha value is -1.65. The van der Waals surface area contributed by atoms with E-state index in [-0.39, 0.29) is 12.5 Å². The third-order valence-corrected chi connectivity index (χ3v) is 10.8. The molecular formula is C50H93NO3. The van der Waals surface area contributed by atoms with Crippen molar-refractivity contribution in [2.75, 3.05) is 6.61 Å². The van der Waals surface area contributed by atoms with E-state index in [2.05, 4.69) is 55.6 Å². The van der Waals surface area contributed by atoms with Gasteiger partial charge in [-0.15, -0.1) is 0 Å². The Bertz CT molecular complexity index is 862. The molecule has 0 aliphatic carbocycles. The first-order valence-electron chi connectivity index (χ1n) is 23.9. The third-order valence-electron chi connectivity index (χ3n) is 10.8. The summed E-state index contributed by atoms with van der Waals surface area (Å²) < 4.78 is 0. The molecule has 316 valence electrons. The van der Waals surface area contributed by atoms with E-state index in [0.717, 1.165) is 38.5 Å².